The molecule has 3 aromatic rings. The Hall–Kier alpha value is -3.42. The summed E-state index contributed by atoms with van der Waals surface area (Å²) in [5.41, 5.74) is 1.37. The van der Waals surface area contributed by atoms with Crippen LogP contribution in [0.2, 0.25) is 0 Å². The van der Waals surface area contributed by atoms with Crippen LogP contribution in [0, 0.1) is 5.82 Å². The van der Waals surface area contributed by atoms with E-state index in [4.69, 9.17) is 9.15 Å². The van der Waals surface area contributed by atoms with Gasteiger partial charge in [-0.2, -0.15) is 4.68 Å². The number of hydrogen-bond acceptors (Lipinski definition) is 5. The number of amides is 1. The molecular formula is C19H18FN3O4. The summed E-state index contributed by atoms with van der Waals surface area (Å²) in [6, 6.07) is 12.7. The predicted octanol–water partition coefficient (Wildman–Crippen LogP) is 2.31. The third-order valence-corrected chi connectivity index (χ3v) is 3.99. The lowest BCUT2D eigenvalue weighted by Crippen LogP contribution is -2.32. The van der Waals surface area contributed by atoms with Crippen molar-refractivity contribution < 1.29 is 18.3 Å². The van der Waals surface area contributed by atoms with E-state index in [1.807, 2.05) is 24.3 Å². The zero-order valence-electron chi connectivity index (χ0n) is 14.9. The summed E-state index contributed by atoms with van der Waals surface area (Å²) >= 11 is 0. The SMILES string of the molecule is COc1ccc(CN(C)C(=O)Cn2nc(-c3ccc(F)cc3)oc2=O)cc1. The highest BCUT2D eigenvalue weighted by atomic mass is 19.1. The molecule has 0 unspecified atom stereocenters. The lowest BCUT2D eigenvalue weighted by atomic mass is 10.2. The Labute approximate surface area is 154 Å². The van der Waals surface area contributed by atoms with Crippen LogP contribution in [-0.2, 0) is 17.9 Å². The molecule has 3 rings (SSSR count). The number of likely N-dealkylation sites (N-methyl/N-ethyl adjacent to an activating group) is 1. The molecule has 0 N–H and O–H groups in total. The smallest absolute Gasteiger partial charge is 0.437 e. The second-order valence-corrected chi connectivity index (χ2v) is 5.94. The van der Waals surface area contributed by atoms with Gasteiger partial charge in [0.05, 0.1) is 7.11 Å². The lowest BCUT2D eigenvalue weighted by Gasteiger charge is -2.17. The van der Waals surface area contributed by atoms with Gasteiger partial charge in [-0.05, 0) is 42.0 Å². The van der Waals surface area contributed by atoms with Crippen LogP contribution < -0.4 is 10.5 Å². The summed E-state index contributed by atoms with van der Waals surface area (Å²) < 4.78 is 24.1. The molecule has 0 spiro atoms. The molecule has 140 valence electrons. The zero-order chi connectivity index (χ0) is 19.4. The largest absolute Gasteiger partial charge is 0.497 e. The van der Waals surface area contributed by atoms with E-state index < -0.39 is 11.6 Å². The van der Waals surface area contributed by atoms with Crippen molar-refractivity contribution in [2.24, 2.45) is 0 Å². The first kappa shape index (κ1) is 18.4. The summed E-state index contributed by atoms with van der Waals surface area (Å²) in [4.78, 5) is 25.8. The number of benzene rings is 2. The van der Waals surface area contributed by atoms with Crippen LogP contribution >= 0.6 is 0 Å². The fraction of sp³-hybridized carbons (Fsp3) is 0.211. The van der Waals surface area contributed by atoms with E-state index in [9.17, 15) is 14.0 Å². The second kappa shape index (κ2) is 7.86. The summed E-state index contributed by atoms with van der Waals surface area (Å²) in [5, 5.41) is 4.01. The molecule has 0 bridgehead atoms. The van der Waals surface area contributed by atoms with Crippen LogP contribution in [0.4, 0.5) is 4.39 Å². The summed E-state index contributed by atoms with van der Waals surface area (Å²) in [6.45, 7) is 0.121. The molecule has 0 aliphatic carbocycles. The van der Waals surface area contributed by atoms with Crippen molar-refractivity contribution in [3.63, 3.8) is 0 Å². The number of aromatic nitrogens is 2. The van der Waals surface area contributed by atoms with Crippen molar-refractivity contribution in [2.75, 3.05) is 14.2 Å². The standard InChI is InChI=1S/C19H18FN3O4/c1-22(11-13-3-9-16(26-2)10-4-13)17(24)12-23-19(25)27-18(21-23)14-5-7-15(20)8-6-14/h3-10H,11-12H2,1-2H3. The van der Waals surface area contributed by atoms with Crippen molar-refractivity contribution in [2.45, 2.75) is 13.1 Å². The van der Waals surface area contributed by atoms with Crippen molar-refractivity contribution in [1.29, 1.82) is 0 Å². The van der Waals surface area contributed by atoms with Gasteiger partial charge in [-0.15, -0.1) is 5.10 Å². The van der Waals surface area contributed by atoms with Gasteiger partial charge in [0.25, 0.3) is 0 Å². The van der Waals surface area contributed by atoms with E-state index in [1.165, 1.54) is 29.2 Å². The fourth-order valence-corrected chi connectivity index (χ4v) is 2.46. The Kier molecular flexibility index (Phi) is 5.35. The summed E-state index contributed by atoms with van der Waals surface area (Å²) in [5.74, 6) is -0.691. The van der Waals surface area contributed by atoms with Gasteiger partial charge in [0.2, 0.25) is 11.8 Å². The number of halogens is 1. The topological polar surface area (TPSA) is 77.6 Å². The number of hydrogen-bond donors (Lipinski definition) is 0. The zero-order valence-corrected chi connectivity index (χ0v) is 14.9. The number of nitrogens with zero attached hydrogens (tertiary/aromatic N) is 3. The average molecular weight is 371 g/mol. The molecule has 1 heterocycles. The molecule has 8 heteroatoms. The Morgan fingerprint density at radius 2 is 1.85 bits per heavy atom. The van der Waals surface area contributed by atoms with Crippen LogP contribution in [0.15, 0.2) is 57.7 Å². The van der Waals surface area contributed by atoms with E-state index in [0.717, 1.165) is 16.0 Å². The predicted molar refractivity (Wildman–Crippen MR) is 95.6 cm³/mol. The average Bonchev–Trinajstić information content (AvgIpc) is 3.03. The molecule has 7 nitrogen and oxygen atoms in total. The quantitative estimate of drug-likeness (QED) is 0.665. The molecule has 1 amide bonds. The van der Waals surface area contributed by atoms with Crippen LogP contribution in [0.5, 0.6) is 5.75 Å². The number of ether oxygens (including phenoxy) is 1. The summed E-state index contributed by atoms with van der Waals surface area (Å²) in [7, 11) is 3.22. The Bertz CT molecular complexity index is 977. The maximum atomic E-state index is 13.0. The first-order chi connectivity index (χ1) is 13.0. The maximum absolute atomic E-state index is 13.0. The molecule has 2 aromatic carbocycles. The van der Waals surface area contributed by atoms with E-state index in [-0.39, 0.29) is 18.3 Å². The van der Waals surface area contributed by atoms with E-state index >= 15 is 0 Å². The Morgan fingerprint density at radius 3 is 2.48 bits per heavy atom. The number of carbonyl (C=O) groups is 1. The van der Waals surface area contributed by atoms with Gasteiger partial charge < -0.3 is 14.1 Å². The fourth-order valence-electron chi connectivity index (χ4n) is 2.46. The molecule has 0 aliphatic heterocycles. The molecule has 0 aliphatic rings. The van der Waals surface area contributed by atoms with Crippen LogP contribution in [0.3, 0.4) is 0 Å². The molecule has 27 heavy (non-hydrogen) atoms. The minimum atomic E-state index is -0.750. The Balaban J connectivity index is 1.67. The van der Waals surface area contributed by atoms with Crippen molar-refractivity contribution in [3.05, 3.63) is 70.5 Å². The first-order valence-corrected chi connectivity index (χ1v) is 8.17. The van der Waals surface area contributed by atoms with Gasteiger partial charge >= 0.3 is 5.76 Å². The highest BCUT2D eigenvalue weighted by molar-refractivity contribution is 5.75. The van der Waals surface area contributed by atoms with Crippen LogP contribution in [0.1, 0.15) is 5.56 Å². The highest BCUT2D eigenvalue weighted by Gasteiger charge is 2.16. The molecule has 0 saturated carbocycles. The van der Waals surface area contributed by atoms with Gasteiger partial charge in [0.15, 0.2) is 0 Å². The molecule has 1 aromatic heterocycles. The van der Waals surface area contributed by atoms with E-state index in [1.54, 1.807) is 14.2 Å². The van der Waals surface area contributed by atoms with Gasteiger partial charge in [-0.25, -0.2) is 9.18 Å². The monoisotopic (exact) mass is 371 g/mol. The minimum absolute atomic E-state index is 0.0330. The van der Waals surface area contributed by atoms with Gasteiger partial charge in [-0.3, -0.25) is 4.79 Å². The van der Waals surface area contributed by atoms with Crippen molar-refractivity contribution >= 4 is 5.91 Å². The lowest BCUT2D eigenvalue weighted by molar-refractivity contribution is -0.131. The van der Waals surface area contributed by atoms with Crippen molar-refractivity contribution in [1.82, 2.24) is 14.7 Å². The van der Waals surface area contributed by atoms with Crippen molar-refractivity contribution in [3.8, 4) is 17.2 Å². The minimum Gasteiger partial charge on any atom is -0.497 e. The van der Waals surface area contributed by atoms with Gasteiger partial charge in [0.1, 0.15) is 18.1 Å². The first-order valence-electron chi connectivity index (χ1n) is 8.17. The van der Waals surface area contributed by atoms with Crippen LogP contribution in [-0.4, -0.2) is 34.7 Å². The second-order valence-electron chi connectivity index (χ2n) is 5.94. The number of methoxy groups -OCH3 is 1. The van der Waals surface area contributed by atoms with E-state index in [0.29, 0.717) is 12.1 Å². The highest BCUT2D eigenvalue weighted by Crippen LogP contribution is 2.16. The number of carbonyl (C=O) groups excluding carboxylic acids is 1. The Morgan fingerprint density at radius 1 is 1.19 bits per heavy atom. The number of rotatable bonds is 6. The molecule has 0 radical (unpaired) electrons. The third-order valence-electron chi connectivity index (χ3n) is 3.99. The van der Waals surface area contributed by atoms with Gasteiger partial charge in [-0.1, -0.05) is 12.1 Å². The molecule has 0 atom stereocenters. The third kappa shape index (κ3) is 4.41. The molecular weight excluding hydrogens is 353 g/mol. The normalized spacial score (nSPS) is 10.6. The maximum Gasteiger partial charge on any atom is 0.437 e. The molecule has 0 fully saturated rings. The van der Waals surface area contributed by atoms with Gasteiger partial charge in [0, 0.05) is 19.2 Å². The molecule has 0 saturated heterocycles. The summed E-state index contributed by atoms with van der Waals surface area (Å²) in [6.07, 6.45) is 0. The van der Waals surface area contributed by atoms with Crippen LogP contribution in [0.25, 0.3) is 11.5 Å². The van der Waals surface area contributed by atoms with E-state index in [2.05, 4.69) is 5.10 Å².